The fraction of sp³-hybridized carbons (Fsp3) is 0.217. The van der Waals surface area contributed by atoms with E-state index >= 15 is 0 Å². The number of likely N-dealkylation sites (N-methyl/N-ethyl adjacent to an activating group) is 1. The molecule has 2 aromatic carbocycles. The third-order valence-electron chi connectivity index (χ3n) is 5.60. The van der Waals surface area contributed by atoms with Gasteiger partial charge in [-0.15, -0.1) is 0 Å². The smallest absolute Gasteiger partial charge is 0.306 e. The van der Waals surface area contributed by atoms with Crippen LogP contribution < -0.4 is 9.92 Å². The summed E-state index contributed by atoms with van der Waals surface area (Å²) < 4.78 is 43.7. The molecular formula is C23H22FN5O4S. The number of hydrogen-bond donors (Lipinski definition) is 1. The molecule has 0 aliphatic carbocycles. The van der Waals surface area contributed by atoms with Crippen LogP contribution in [-0.2, 0) is 26.9 Å². The van der Waals surface area contributed by atoms with E-state index in [2.05, 4.69) is 15.0 Å². The molecule has 1 amide bonds. The van der Waals surface area contributed by atoms with Gasteiger partial charge in [0.15, 0.2) is 11.5 Å². The van der Waals surface area contributed by atoms with Crippen LogP contribution in [0.2, 0.25) is 0 Å². The van der Waals surface area contributed by atoms with Gasteiger partial charge < -0.3 is 9.92 Å². The summed E-state index contributed by atoms with van der Waals surface area (Å²) >= 11 is 0. The van der Waals surface area contributed by atoms with E-state index < -0.39 is 27.4 Å². The summed E-state index contributed by atoms with van der Waals surface area (Å²) in [4.78, 5) is 27.1. The summed E-state index contributed by atoms with van der Waals surface area (Å²) in [6.45, 7) is 1.85. The largest absolute Gasteiger partial charge is 0.382 e. The number of aliphatic imine (C=N–C) groups is 1. The second-order valence-corrected chi connectivity index (χ2v) is 9.40. The van der Waals surface area contributed by atoms with E-state index in [-0.39, 0.29) is 17.3 Å². The lowest BCUT2D eigenvalue weighted by molar-refractivity contribution is -0.129. The molecule has 2 heterocycles. The molecule has 0 fully saturated rings. The minimum atomic E-state index is -3.84. The number of hydrogen-bond acceptors (Lipinski definition) is 8. The van der Waals surface area contributed by atoms with Crippen molar-refractivity contribution in [2.24, 2.45) is 10.7 Å². The molecule has 0 radical (unpaired) electrons. The fourth-order valence-electron chi connectivity index (χ4n) is 3.91. The molecule has 3 aromatic rings. The number of rotatable bonds is 6. The van der Waals surface area contributed by atoms with Crippen LogP contribution in [0.25, 0.3) is 11.1 Å². The van der Waals surface area contributed by atoms with Crippen LogP contribution in [0.3, 0.4) is 0 Å². The number of aromatic nitrogens is 2. The van der Waals surface area contributed by atoms with Crippen molar-refractivity contribution in [3.05, 3.63) is 77.6 Å². The number of carbonyl (C=O) groups is 1. The first-order chi connectivity index (χ1) is 16.1. The van der Waals surface area contributed by atoms with Gasteiger partial charge >= 0.3 is 10.1 Å². The highest BCUT2D eigenvalue weighted by Crippen LogP contribution is 2.42. The summed E-state index contributed by atoms with van der Waals surface area (Å²) in [6, 6.07) is 8.96. The van der Waals surface area contributed by atoms with Crippen molar-refractivity contribution in [1.29, 1.82) is 0 Å². The monoisotopic (exact) mass is 483 g/mol. The fourth-order valence-corrected chi connectivity index (χ4v) is 4.39. The van der Waals surface area contributed by atoms with E-state index in [1.165, 1.54) is 54.9 Å². The first-order valence-electron chi connectivity index (χ1n) is 10.3. The molecule has 0 saturated heterocycles. The molecular weight excluding hydrogens is 461 g/mol. The lowest BCUT2D eigenvalue weighted by Crippen LogP contribution is -2.41. The Morgan fingerprint density at radius 3 is 2.35 bits per heavy atom. The zero-order chi connectivity index (χ0) is 24.7. The van der Waals surface area contributed by atoms with Gasteiger partial charge in [-0.05, 0) is 41.3 Å². The summed E-state index contributed by atoms with van der Waals surface area (Å²) in [5.41, 5.74) is 6.21. The minimum absolute atomic E-state index is 0.0379. The van der Waals surface area contributed by atoms with Crippen LogP contribution in [0.4, 0.5) is 4.39 Å². The maximum Gasteiger partial charge on any atom is 0.306 e. The van der Waals surface area contributed by atoms with E-state index in [0.717, 1.165) is 6.26 Å². The molecule has 2 N–H and O–H groups in total. The van der Waals surface area contributed by atoms with Crippen LogP contribution in [-0.4, -0.2) is 48.5 Å². The molecule has 1 aromatic heterocycles. The van der Waals surface area contributed by atoms with E-state index in [4.69, 9.17) is 9.92 Å². The van der Waals surface area contributed by atoms with E-state index in [1.54, 1.807) is 12.1 Å². The molecule has 9 nitrogen and oxygen atoms in total. The van der Waals surface area contributed by atoms with E-state index in [1.807, 2.05) is 6.92 Å². The van der Waals surface area contributed by atoms with Crippen molar-refractivity contribution in [3.63, 3.8) is 0 Å². The van der Waals surface area contributed by atoms with Gasteiger partial charge in [0.2, 0.25) is 0 Å². The summed E-state index contributed by atoms with van der Waals surface area (Å²) in [7, 11) is -2.36. The Morgan fingerprint density at radius 1 is 1.12 bits per heavy atom. The zero-order valence-corrected chi connectivity index (χ0v) is 19.5. The molecule has 34 heavy (non-hydrogen) atoms. The van der Waals surface area contributed by atoms with Crippen LogP contribution in [0.1, 0.15) is 23.6 Å². The highest BCUT2D eigenvalue weighted by atomic mass is 32.2. The van der Waals surface area contributed by atoms with Crippen molar-refractivity contribution >= 4 is 22.0 Å². The molecule has 0 saturated carbocycles. The topological polar surface area (TPSA) is 128 Å². The molecule has 0 spiro atoms. The number of benzene rings is 2. The first-order valence-corrected chi connectivity index (χ1v) is 12.1. The number of nitrogens with two attached hydrogens (primary N) is 1. The average molecular weight is 484 g/mol. The minimum Gasteiger partial charge on any atom is -0.382 e. The highest BCUT2D eigenvalue weighted by molar-refractivity contribution is 7.86. The Balaban J connectivity index is 1.98. The molecule has 1 aliphatic heterocycles. The summed E-state index contributed by atoms with van der Waals surface area (Å²) in [5, 5.41) is 0. The zero-order valence-electron chi connectivity index (χ0n) is 18.7. The average Bonchev–Trinajstić information content (AvgIpc) is 3.03. The van der Waals surface area contributed by atoms with Crippen molar-refractivity contribution in [3.8, 4) is 16.9 Å². The van der Waals surface area contributed by atoms with Crippen LogP contribution in [0, 0.1) is 5.82 Å². The van der Waals surface area contributed by atoms with Gasteiger partial charge in [-0.1, -0.05) is 25.1 Å². The van der Waals surface area contributed by atoms with Gasteiger partial charge in [0.1, 0.15) is 17.9 Å². The Morgan fingerprint density at radius 2 is 1.76 bits per heavy atom. The number of halogens is 1. The molecule has 11 heteroatoms. The lowest BCUT2D eigenvalue weighted by atomic mass is 9.81. The number of carbonyl (C=O) groups excluding carboxylic acids is 1. The van der Waals surface area contributed by atoms with Crippen molar-refractivity contribution in [2.45, 2.75) is 18.9 Å². The number of nitrogens with zero attached hydrogens (tertiary/aromatic N) is 4. The molecule has 4 rings (SSSR count). The van der Waals surface area contributed by atoms with Gasteiger partial charge in [-0.25, -0.2) is 19.4 Å². The number of guanidine groups is 1. The van der Waals surface area contributed by atoms with Crippen LogP contribution >= 0.6 is 0 Å². The normalized spacial score (nSPS) is 18.2. The Bertz CT molecular complexity index is 1410. The molecule has 0 bridgehead atoms. The second-order valence-electron chi connectivity index (χ2n) is 7.83. The Labute approximate surface area is 196 Å². The van der Waals surface area contributed by atoms with Crippen molar-refractivity contribution < 1.29 is 21.8 Å². The van der Waals surface area contributed by atoms with Crippen molar-refractivity contribution in [2.75, 3.05) is 13.3 Å². The Kier molecular flexibility index (Phi) is 5.82. The number of amides is 1. The molecule has 176 valence electrons. The van der Waals surface area contributed by atoms with Crippen molar-refractivity contribution in [1.82, 2.24) is 14.9 Å². The van der Waals surface area contributed by atoms with Gasteiger partial charge in [-0.2, -0.15) is 8.42 Å². The SMILES string of the molecule is CCc1ccc(C2(c3ccc(F)c(-c4cncnc4)c3)N=C(N)N(C)C2=O)cc1OS(C)(=O)=O. The highest BCUT2D eigenvalue weighted by Gasteiger charge is 2.50. The second kappa shape index (κ2) is 8.49. The Hall–Kier alpha value is -3.86. The van der Waals surface area contributed by atoms with Gasteiger partial charge in [0, 0.05) is 30.6 Å². The predicted octanol–water partition coefficient (Wildman–Crippen LogP) is 2.21. The van der Waals surface area contributed by atoms with Crippen LogP contribution in [0.15, 0.2) is 60.1 Å². The maximum atomic E-state index is 14.8. The number of aryl methyl sites for hydroxylation is 1. The lowest BCUT2D eigenvalue weighted by Gasteiger charge is -2.27. The van der Waals surface area contributed by atoms with Gasteiger partial charge in [0.25, 0.3) is 5.91 Å². The van der Waals surface area contributed by atoms with Gasteiger partial charge in [-0.3, -0.25) is 9.69 Å². The van der Waals surface area contributed by atoms with E-state index in [9.17, 15) is 17.6 Å². The van der Waals surface area contributed by atoms with Crippen LogP contribution in [0.5, 0.6) is 5.75 Å². The van der Waals surface area contributed by atoms with E-state index in [0.29, 0.717) is 28.7 Å². The third-order valence-corrected chi connectivity index (χ3v) is 6.09. The first kappa shape index (κ1) is 23.3. The summed E-state index contributed by atoms with van der Waals surface area (Å²) in [5.74, 6) is -0.978. The maximum absolute atomic E-state index is 14.8. The van der Waals surface area contributed by atoms with Gasteiger partial charge in [0.05, 0.1) is 6.26 Å². The molecule has 1 unspecified atom stereocenters. The quantitative estimate of drug-likeness (QED) is 0.533. The summed E-state index contributed by atoms with van der Waals surface area (Å²) in [6.07, 6.45) is 5.66. The molecule has 1 aliphatic rings. The molecule has 1 atom stereocenters. The standard InChI is InChI=1S/C23H22FN5O4S/c1-4-14-5-6-17(10-20(14)33-34(3,31)32)23(21(30)29(2)22(25)28-23)16-7-8-19(24)18(9-16)15-11-26-13-27-12-15/h5-13H,4H2,1-3H3,(H2,25,28). The third kappa shape index (κ3) is 3.98. The predicted molar refractivity (Wildman–Crippen MR) is 124 cm³/mol.